The molecule has 1 heterocycles. The van der Waals surface area contributed by atoms with Crippen LogP contribution in [0.3, 0.4) is 0 Å². The van der Waals surface area contributed by atoms with E-state index < -0.39 is 5.97 Å². The highest BCUT2D eigenvalue weighted by Gasteiger charge is 2.11. The molecule has 2 rings (SSSR count). The zero-order valence-corrected chi connectivity index (χ0v) is 12.8. The highest BCUT2D eigenvalue weighted by molar-refractivity contribution is 7.17. The number of carbonyl (C=O) groups is 2. The van der Waals surface area contributed by atoms with Gasteiger partial charge in [-0.1, -0.05) is 17.7 Å². The molecular weight excluding hydrogens is 312 g/mol. The molecule has 5 nitrogen and oxygen atoms in total. The number of thiophene rings is 1. The molecule has 3 N–H and O–H groups in total. The van der Waals surface area contributed by atoms with Gasteiger partial charge in [0.05, 0.1) is 21.9 Å². The molecule has 0 aliphatic heterocycles. The Morgan fingerprint density at radius 1 is 1.33 bits per heavy atom. The van der Waals surface area contributed by atoms with Crippen molar-refractivity contribution in [3.63, 3.8) is 0 Å². The highest BCUT2D eigenvalue weighted by Crippen LogP contribution is 2.21. The summed E-state index contributed by atoms with van der Waals surface area (Å²) in [5.41, 5.74) is 7.38. The topological polar surface area (TPSA) is 81.4 Å². The number of nitrogens with one attached hydrogen (secondary N) is 1. The first kappa shape index (κ1) is 15.3. The monoisotopic (exact) mass is 324 g/mol. The van der Waals surface area contributed by atoms with Gasteiger partial charge < -0.3 is 15.8 Å². The van der Waals surface area contributed by atoms with Gasteiger partial charge in [-0.25, -0.2) is 4.79 Å². The minimum Gasteiger partial charge on any atom is -0.465 e. The number of esters is 1. The molecule has 110 valence electrons. The number of halogens is 1. The molecule has 0 bridgehead atoms. The first-order valence-electron chi connectivity index (χ1n) is 6.01. The smallest absolute Gasteiger partial charge is 0.337 e. The second kappa shape index (κ2) is 6.60. The van der Waals surface area contributed by atoms with Crippen molar-refractivity contribution in [2.45, 2.75) is 6.54 Å². The van der Waals surface area contributed by atoms with Crippen LogP contribution in [-0.4, -0.2) is 19.0 Å². The van der Waals surface area contributed by atoms with Crippen LogP contribution < -0.4 is 11.1 Å². The summed E-state index contributed by atoms with van der Waals surface area (Å²) >= 11 is 6.99. The van der Waals surface area contributed by atoms with E-state index in [1.165, 1.54) is 24.5 Å². The van der Waals surface area contributed by atoms with Gasteiger partial charge >= 0.3 is 5.97 Å². The van der Waals surface area contributed by atoms with Crippen LogP contribution in [-0.2, 0) is 11.3 Å². The summed E-state index contributed by atoms with van der Waals surface area (Å²) in [6, 6.07) is 8.14. The number of methoxy groups -OCH3 is 1. The average molecular weight is 325 g/mol. The molecule has 2 aromatic rings. The van der Waals surface area contributed by atoms with Crippen LogP contribution in [0.2, 0.25) is 4.34 Å². The number of nitrogen functional groups attached to an aromatic ring is 1. The molecule has 0 spiro atoms. The molecule has 0 saturated heterocycles. The predicted octanol–water partition coefficient (Wildman–Crippen LogP) is 2.70. The first-order chi connectivity index (χ1) is 10.0. The zero-order valence-electron chi connectivity index (χ0n) is 11.2. The van der Waals surface area contributed by atoms with Crippen molar-refractivity contribution in [3.05, 3.63) is 50.7 Å². The largest absolute Gasteiger partial charge is 0.465 e. The third-order valence-corrected chi connectivity index (χ3v) is 4.03. The summed E-state index contributed by atoms with van der Waals surface area (Å²) in [5.74, 6) is -0.672. The molecule has 0 fully saturated rings. The van der Waals surface area contributed by atoms with Crippen molar-refractivity contribution in [3.8, 4) is 0 Å². The second-order valence-corrected chi connectivity index (χ2v) is 5.91. The van der Waals surface area contributed by atoms with Crippen molar-refractivity contribution in [1.29, 1.82) is 0 Å². The van der Waals surface area contributed by atoms with Crippen molar-refractivity contribution >= 4 is 40.5 Å². The van der Waals surface area contributed by atoms with Gasteiger partial charge in [-0.15, -0.1) is 11.3 Å². The van der Waals surface area contributed by atoms with E-state index in [1.807, 2.05) is 0 Å². The van der Waals surface area contributed by atoms with Crippen molar-refractivity contribution in [2.75, 3.05) is 12.8 Å². The van der Waals surface area contributed by atoms with Crippen molar-refractivity contribution in [2.24, 2.45) is 0 Å². The third-order valence-electron chi connectivity index (χ3n) is 2.80. The number of rotatable bonds is 4. The normalized spacial score (nSPS) is 10.2. The Labute approximate surface area is 130 Å². The zero-order chi connectivity index (χ0) is 15.4. The Balaban J connectivity index is 2.03. The molecule has 0 unspecified atom stereocenters. The fourth-order valence-electron chi connectivity index (χ4n) is 1.70. The molecule has 0 saturated carbocycles. The number of benzene rings is 1. The van der Waals surface area contributed by atoms with E-state index in [9.17, 15) is 9.59 Å². The van der Waals surface area contributed by atoms with Gasteiger partial charge in [-0.2, -0.15) is 0 Å². The average Bonchev–Trinajstić information content (AvgIpc) is 2.91. The molecule has 0 radical (unpaired) electrons. The standard InChI is InChI=1S/C14H13ClN2O3S/c1-20-14(19)8-2-3-9(10(16)6-8)7-17-13(18)11-4-5-12(15)21-11/h2-6H,7,16H2,1H3,(H,17,18). The lowest BCUT2D eigenvalue weighted by atomic mass is 10.1. The Morgan fingerprint density at radius 2 is 2.10 bits per heavy atom. The summed E-state index contributed by atoms with van der Waals surface area (Å²) in [7, 11) is 1.30. The van der Waals surface area contributed by atoms with Crippen LogP contribution in [0, 0.1) is 0 Å². The molecule has 21 heavy (non-hydrogen) atoms. The Kier molecular flexibility index (Phi) is 4.82. The van der Waals surface area contributed by atoms with Crippen LogP contribution in [0.15, 0.2) is 30.3 Å². The van der Waals surface area contributed by atoms with E-state index in [0.29, 0.717) is 20.5 Å². The maximum absolute atomic E-state index is 11.9. The third kappa shape index (κ3) is 3.74. The molecule has 7 heteroatoms. The summed E-state index contributed by atoms with van der Waals surface area (Å²) in [6.45, 7) is 0.266. The molecule has 1 aromatic carbocycles. The van der Waals surface area contributed by atoms with Crippen molar-refractivity contribution < 1.29 is 14.3 Å². The van der Waals surface area contributed by atoms with E-state index in [2.05, 4.69) is 10.1 Å². The van der Waals surface area contributed by atoms with Gasteiger partial charge in [0.25, 0.3) is 5.91 Å². The number of hydrogen-bond donors (Lipinski definition) is 2. The van der Waals surface area contributed by atoms with E-state index in [0.717, 1.165) is 5.56 Å². The fourth-order valence-corrected chi connectivity index (χ4v) is 2.66. The Hall–Kier alpha value is -2.05. The number of amides is 1. The number of hydrogen-bond acceptors (Lipinski definition) is 5. The van der Waals surface area contributed by atoms with E-state index in [4.69, 9.17) is 17.3 Å². The van der Waals surface area contributed by atoms with E-state index >= 15 is 0 Å². The molecule has 0 atom stereocenters. The summed E-state index contributed by atoms with van der Waals surface area (Å²) in [4.78, 5) is 23.8. The highest BCUT2D eigenvalue weighted by atomic mass is 35.5. The summed E-state index contributed by atoms with van der Waals surface area (Å²) in [6.07, 6.45) is 0. The lowest BCUT2D eigenvalue weighted by molar-refractivity contribution is 0.0600. The van der Waals surface area contributed by atoms with Gasteiger partial charge in [0, 0.05) is 12.2 Å². The minimum absolute atomic E-state index is 0.219. The molecule has 0 aliphatic rings. The van der Waals surface area contributed by atoms with Gasteiger partial charge in [0.2, 0.25) is 0 Å². The van der Waals surface area contributed by atoms with Crippen LogP contribution in [0.1, 0.15) is 25.6 Å². The molecule has 1 aromatic heterocycles. The van der Waals surface area contributed by atoms with Gasteiger partial charge in [-0.05, 0) is 29.8 Å². The first-order valence-corrected chi connectivity index (χ1v) is 7.21. The second-order valence-electron chi connectivity index (χ2n) is 4.19. The van der Waals surface area contributed by atoms with E-state index in [1.54, 1.807) is 24.3 Å². The Bertz CT molecular complexity index is 685. The van der Waals surface area contributed by atoms with Gasteiger partial charge in [0.15, 0.2) is 0 Å². The van der Waals surface area contributed by atoms with E-state index in [-0.39, 0.29) is 12.5 Å². The Morgan fingerprint density at radius 3 is 2.67 bits per heavy atom. The molecule has 0 aliphatic carbocycles. The SMILES string of the molecule is COC(=O)c1ccc(CNC(=O)c2ccc(Cl)s2)c(N)c1. The number of anilines is 1. The minimum atomic E-state index is -0.453. The predicted molar refractivity (Wildman–Crippen MR) is 82.7 cm³/mol. The fraction of sp³-hybridized carbons (Fsp3) is 0.143. The molecule has 1 amide bonds. The van der Waals surface area contributed by atoms with Gasteiger partial charge in [0.1, 0.15) is 0 Å². The number of carbonyl (C=O) groups excluding carboxylic acids is 2. The summed E-state index contributed by atoms with van der Waals surface area (Å²) in [5, 5.41) is 2.75. The summed E-state index contributed by atoms with van der Waals surface area (Å²) < 4.78 is 5.17. The molecular formula is C14H13ClN2O3S. The van der Waals surface area contributed by atoms with Gasteiger partial charge in [-0.3, -0.25) is 4.79 Å². The van der Waals surface area contributed by atoms with Crippen LogP contribution in [0.4, 0.5) is 5.69 Å². The number of nitrogens with two attached hydrogens (primary N) is 1. The lowest BCUT2D eigenvalue weighted by Gasteiger charge is -2.08. The van der Waals surface area contributed by atoms with Crippen molar-refractivity contribution in [1.82, 2.24) is 5.32 Å². The maximum atomic E-state index is 11.9. The maximum Gasteiger partial charge on any atom is 0.337 e. The lowest BCUT2D eigenvalue weighted by Crippen LogP contribution is -2.22. The van der Waals surface area contributed by atoms with Crippen LogP contribution >= 0.6 is 22.9 Å². The quantitative estimate of drug-likeness (QED) is 0.669. The van der Waals surface area contributed by atoms with Crippen LogP contribution in [0.25, 0.3) is 0 Å². The van der Waals surface area contributed by atoms with Crippen LogP contribution in [0.5, 0.6) is 0 Å². The number of ether oxygens (including phenoxy) is 1.